The van der Waals surface area contributed by atoms with Gasteiger partial charge in [0.15, 0.2) is 0 Å². The monoisotopic (exact) mass is 318 g/mol. The number of piperidine rings is 1. The number of ether oxygens (including phenoxy) is 1. The molecule has 2 aliphatic rings. The molecule has 21 heavy (non-hydrogen) atoms. The van der Waals surface area contributed by atoms with Crippen molar-refractivity contribution in [2.75, 3.05) is 25.4 Å². The molecular formula is C15H30N2O3S. The second-order valence-electron chi connectivity index (χ2n) is 6.33. The van der Waals surface area contributed by atoms with E-state index in [2.05, 4.69) is 19.2 Å². The third-order valence-corrected chi connectivity index (χ3v) is 6.53. The molecule has 0 aromatic rings. The molecule has 6 heteroatoms. The lowest BCUT2D eigenvalue weighted by Gasteiger charge is -2.39. The lowest BCUT2D eigenvalue weighted by atomic mass is 9.99. The third kappa shape index (κ3) is 4.65. The molecule has 0 amide bonds. The summed E-state index contributed by atoms with van der Waals surface area (Å²) in [6.07, 6.45) is 5.88. The van der Waals surface area contributed by atoms with Gasteiger partial charge in [0.1, 0.15) is 0 Å². The average molecular weight is 318 g/mol. The standard InChI is InChI=1S/C15H30N2O3S/c1-3-9-16-13(2)15-8-4-5-10-17(15)21(18,19)12-14-7-6-11-20-14/h13-16H,3-12H2,1-2H3. The molecule has 3 atom stereocenters. The molecule has 0 saturated carbocycles. The first kappa shape index (κ1) is 17.2. The summed E-state index contributed by atoms with van der Waals surface area (Å²) >= 11 is 0. The van der Waals surface area contributed by atoms with Gasteiger partial charge in [-0.1, -0.05) is 13.3 Å². The van der Waals surface area contributed by atoms with E-state index in [-0.39, 0.29) is 23.9 Å². The maximum atomic E-state index is 12.7. The minimum absolute atomic E-state index is 0.0942. The Hall–Kier alpha value is -0.170. The van der Waals surface area contributed by atoms with E-state index in [0.29, 0.717) is 13.2 Å². The molecule has 2 aliphatic heterocycles. The van der Waals surface area contributed by atoms with Crippen LogP contribution in [0.1, 0.15) is 52.4 Å². The van der Waals surface area contributed by atoms with Crippen LogP contribution in [0.5, 0.6) is 0 Å². The molecule has 0 bridgehead atoms. The van der Waals surface area contributed by atoms with Gasteiger partial charge in [-0.05, 0) is 45.6 Å². The molecule has 124 valence electrons. The molecule has 0 aromatic heterocycles. The SMILES string of the molecule is CCCNC(C)C1CCCCN1S(=O)(=O)CC1CCCO1. The molecule has 5 nitrogen and oxygen atoms in total. The van der Waals surface area contributed by atoms with Gasteiger partial charge in [-0.3, -0.25) is 0 Å². The fourth-order valence-electron chi connectivity index (χ4n) is 3.39. The van der Waals surface area contributed by atoms with Crippen LogP contribution in [0, 0.1) is 0 Å². The lowest BCUT2D eigenvalue weighted by molar-refractivity contribution is 0.124. The number of nitrogens with one attached hydrogen (secondary N) is 1. The van der Waals surface area contributed by atoms with E-state index in [1.165, 1.54) is 0 Å². The molecule has 2 saturated heterocycles. The summed E-state index contributed by atoms with van der Waals surface area (Å²) in [5.74, 6) is 0.157. The van der Waals surface area contributed by atoms with Crippen molar-refractivity contribution in [2.24, 2.45) is 0 Å². The predicted octanol–water partition coefficient (Wildman–Crippen LogP) is 1.74. The molecule has 1 N–H and O–H groups in total. The highest BCUT2D eigenvalue weighted by Crippen LogP contribution is 2.25. The van der Waals surface area contributed by atoms with Gasteiger partial charge in [0.05, 0.1) is 11.9 Å². The van der Waals surface area contributed by atoms with Crippen molar-refractivity contribution in [3.05, 3.63) is 0 Å². The van der Waals surface area contributed by atoms with Crippen LogP contribution in [0.4, 0.5) is 0 Å². The highest BCUT2D eigenvalue weighted by molar-refractivity contribution is 7.89. The lowest BCUT2D eigenvalue weighted by Crippen LogP contribution is -2.54. The van der Waals surface area contributed by atoms with Crippen LogP contribution in [0.15, 0.2) is 0 Å². The van der Waals surface area contributed by atoms with Crippen LogP contribution in [0.3, 0.4) is 0 Å². The Balaban J connectivity index is 2.02. The highest BCUT2D eigenvalue weighted by Gasteiger charge is 2.37. The van der Waals surface area contributed by atoms with Crippen molar-refractivity contribution in [1.29, 1.82) is 0 Å². The topological polar surface area (TPSA) is 58.6 Å². The van der Waals surface area contributed by atoms with Crippen molar-refractivity contribution < 1.29 is 13.2 Å². The Morgan fingerprint density at radius 2 is 2.10 bits per heavy atom. The van der Waals surface area contributed by atoms with Gasteiger partial charge in [-0.15, -0.1) is 0 Å². The molecule has 2 heterocycles. The maximum absolute atomic E-state index is 12.7. The van der Waals surface area contributed by atoms with Crippen molar-refractivity contribution in [3.8, 4) is 0 Å². The first-order chi connectivity index (χ1) is 10.0. The summed E-state index contributed by atoms with van der Waals surface area (Å²) in [7, 11) is -3.22. The Kier molecular flexibility index (Phi) is 6.47. The number of hydrogen-bond acceptors (Lipinski definition) is 4. The van der Waals surface area contributed by atoms with Crippen LogP contribution in [-0.4, -0.2) is 56.4 Å². The zero-order valence-corrected chi connectivity index (χ0v) is 14.2. The Bertz CT molecular complexity index is 407. The van der Waals surface area contributed by atoms with Crippen molar-refractivity contribution in [1.82, 2.24) is 9.62 Å². The number of sulfonamides is 1. The smallest absolute Gasteiger partial charge is 0.216 e. The largest absolute Gasteiger partial charge is 0.377 e. The van der Waals surface area contributed by atoms with Gasteiger partial charge in [0.2, 0.25) is 10.0 Å². The normalized spacial score (nSPS) is 29.6. The molecule has 2 rings (SSSR count). The summed E-state index contributed by atoms with van der Waals surface area (Å²) in [4.78, 5) is 0. The molecule has 3 unspecified atom stereocenters. The van der Waals surface area contributed by atoms with Crippen LogP contribution in [-0.2, 0) is 14.8 Å². The van der Waals surface area contributed by atoms with E-state index in [1.54, 1.807) is 4.31 Å². The summed E-state index contributed by atoms with van der Waals surface area (Å²) < 4.78 is 32.8. The summed E-state index contributed by atoms with van der Waals surface area (Å²) in [5.41, 5.74) is 0. The molecule has 0 spiro atoms. The third-order valence-electron chi connectivity index (χ3n) is 4.57. The Morgan fingerprint density at radius 3 is 2.76 bits per heavy atom. The second-order valence-corrected chi connectivity index (χ2v) is 8.30. The van der Waals surface area contributed by atoms with E-state index >= 15 is 0 Å². The fourth-order valence-corrected chi connectivity index (χ4v) is 5.42. The van der Waals surface area contributed by atoms with E-state index in [4.69, 9.17) is 4.74 Å². The van der Waals surface area contributed by atoms with Crippen molar-refractivity contribution in [3.63, 3.8) is 0 Å². The Labute approximate surface area is 129 Å². The predicted molar refractivity (Wildman–Crippen MR) is 84.9 cm³/mol. The minimum atomic E-state index is -3.22. The number of hydrogen-bond donors (Lipinski definition) is 1. The average Bonchev–Trinajstić information content (AvgIpc) is 2.97. The summed E-state index contributed by atoms with van der Waals surface area (Å²) in [6.45, 7) is 6.56. The van der Waals surface area contributed by atoms with Gasteiger partial charge in [-0.25, -0.2) is 8.42 Å². The van der Waals surface area contributed by atoms with E-state index in [0.717, 1.165) is 45.1 Å². The summed E-state index contributed by atoms with van der Waals surface area (Å²) in [5, 5.41) is 3.46. The fraction of sp³-hybridized carbons (Fsp3) is 1.00. The number of nitrogens with zero attached hydrogens (tertiary/aromatic N) is 1. The van der Waals surface area contributed by atoms with Crippen molar-refractivity contribution >= 4 is 10.0 Å². The molecule has 0 aliphatic carbocycles. The maximum Gasteiger partial charge on any atom is 0.216 e. The molecule has 0 aromatic carbocycles. The zero-order valence-electron chi connectivity index (χ0n) is 13.4. The molecule has 0 radical (unpaired) electrons. The van der Waals surface area contributed by atoms with Crippen LogP contribution in [0.2, 0.25) is 0 Å². The van der Waals surface area contributed by atoms with Crippen molar-refractivity contribution in [2.45, 2.75) is 70.6 Å². The van der Waals surface area contributed by atoms with Gasteiger partial charge in [0.25, 0.3) is 0 Å². The zero-order chi connectivity index (χ0) is 15.3. The number of rotatable bonds is 7. The Morgan fingerprint density at radius 1 is 1.29 bits per heavy atom. The summed E-state index contributed by atoms with van der Waals surface area (Å²) in [6, 6.07) is 0.307. The highest BCUT2D eigenvalue weighted by atomic mass is 32.2. The first-order valence-corrected chi connectivity index (χ1v) is 10.00. The minimum Gasteiger partial charge on any atom is -0.377 e. The van der Waals surface area contributed by atoms with Crippen LogP contribution >= 0.6 is 0 Å². The quantitative estimate of drug-likeness (QED) is 0.777. The second kappa shape index (κ2) is 7.90. The van der Waals surface area contributed by atoms with E-state index < -0.39 is 10.0 Å². The molecular weight excluding hydrogens is 288 g/mol. The van der Waals surface area contributed by atoms with Gasteiger partial charge in [0, 0.05) is 25.2 Å². The van der Waals surface area contributed by atoms with Crippen LogP contribution in [0.25, 0.3) is 0 Å². The molecule has 2 fully saturated rings. The van der Waals surface area contributed by atoms with Gasteiger partial charge < -0.3 is 10.1 Å². The van der Waals surface area contributed by atoms with Crippen LogP contribution < -0.4 is 5.32 Å². The van der Waals surface area contributed by atoms with Gasteiger partial charge >= 0.3 is 0 Å². The van der Waals surface area contributed by atoms with E-state index in [1.807, 2.05) is 0 Å². The van der Waals surface area contributed by atoms with Gasteiger partial charge in [-0.2, -0.15) is 4.31 Å². The first-order valence-electron chi connectivity index (χ1n) is 8.39. The van der Waals surface area contributed by atoms with E-state index in [9.17, 15) is 8.42 Å².